The van der Waals surface area contributed by atoms with Gasteiger partial charge in [-0.1, -0.05) is 15.9 Å². The van der Waals surface area contributed by atoms with Gasteiger partial charge in [-0.15, -0.1) is 0 Å². The SMILES string of the molecule is O=Cc1cc(Br)c(C(F)(F)F)cc1[N+](=O)[O-]. The minimum Gasteiger partial charge on any atom is -0.298 e. The molecule has 0 N–H and O–H groups in total. The third-order valence-electron chi connectivity index (χ3n) is 1.75. The van der Waals surface area contributed by atoms with E-state index in [2.05, 4.69) is 15.9 Å². The van der Waals surface area contributed by atoms with Gasteiger partial charge in [0.1, 0.15) is 0 Å². The first kappa shape index (κ1) is 12.6. The zero-order valence-electron chi connectivity index (χ0n) is 7.42. The number of halogens is 4. The molecule has 0 saturated carbocycles. The highest BCUT2D eigenvalue weighted by molar-refractivity contribution is 9.10. The second kappa shape index (κ2) is 4.20. The maximum absolute atomic E-state index is 12.4. The summed E-state index contributed by atoms with van der Waals surface area (Å²) in [7, 11) is 0. The molecular formula is C8H3BrF3NO3. The first-order valence-electron chi connectivity index (χ1n) is 3.77. The minimum absolute atomic E-state index is 0.128. The van der Waals surface area contributed by atoms with Crippen molar-refractivity contribution in [1.29, 1.82) is 0 Å². The van der Waals surface area contributed by atoms with Crippen molar-refractivity contribution in [3.8, 4) is 0 Å². The third kappa shape index (κ3) is 2.38. The van der Waals surface area contributed by atoms with E-state index in [9.17, 15) is 28.1 Å². The number of hydrogen-bond donors (Lipinski definition) is 0. The van der Waals surface area contributed by atoms with Gasteiger partial charge in [0.25, 0.3) is 5.69 Å². The van der Waals surface area contributed by atoms with E-state index in [4.69, 9.17) is 0 Å². The Morgan fingerprint density at radius 1 is 1.38 bits per heavy atom. The van der Waals surface area contributed by atoms with E-state index >= 15 is 0 Å². The summed E-state index contributed by atoms with van der Waals surface area (Å²) in [6.45, 7) is 0. The molecule has 1 aromatic carbocycles. The van der Waals surface area contributed by atoms with E-state index < -0.39 is 32.4 Å². The van der Waals surface area contributed by atoms with Crippen LogP contribution < -0.4 is 0 Å². The van der Waals surface area contributed by atoms with Crippen molar-refractivity contribution in [3.63, 3.8) is 0 Å². The van der Waals surface area contributed by atoms with Crippen LogP contribution in [0.25, 0.3) is 0 Å². The summed E-state index contributed by atoms with van der Waals surface area (Å²) in [5.41, 5.74) is -2.47. The molecule has 0 heterocycles. The molecule has 0 radical (unpaired) electrons. The Kier molecular flexibility index (Phi) is 3.32. The molecule has 1 rings (SSSR count). The van der Waals surface area contributed by atoms with Crippen LogP contribution in [0.15, 0.2) is 16.6 Å². The van der Waals surface area contributed by atoms with Crippen LogP contribution in [0, 0.1) is 10.1 Å². The molecule has 0 aliphatic carbocycles. The number of carbonyl (C=O) groups excluding carboxylic acids is 1. The highest BCUT2D eigenvalue weighted by atomic mass is 79.9. The van der Waals surface area contributed by atoms with Gasteiger partial charge in [0.05, 0.1) is 16.1 Å². The lowest BCUT2D eigenvalue weighted by molar-refractivity contribution is -0.385. The number of benzene rings is 1. The van der Waals surface area contributed by atoms with Gasteiger partial charge in [-0.3, -0.25) is 14.9 Å². The topological polar surface area (TPSA) is 60.2 Å². The summed E-state index contributed by atoms with van der Waals surface area (Å²) in [6.07, 6.45) is -4.59. The molecule has 0 aliphatic rings. The standard InChI is InChI=1S/C8H3BrF3NO3/c9-6-1-4(3-14)7(13(15)16)2-5(6)8(10,11)12/h1-3H. The zero-order chi connectivity index (χ0) is 12.5. The monoisotopic (exact) mass is 297 g/mol. The number of carbonyl (C=O) groups is 1. The Balaban J connectivity index is 3.51. The van der Waals surface area contributed by atoms with Gasteiger partial charge in [-0.2, -0.15) is 13.2 Å². The maximum Gasteiger partial charge on any atom is 0.417 e. The summed E-state index contributed by atoms with van der Waals surface area (Å²) in [4.78, 5) is 19.8. The highest BCUT2D eigenvalue weighted by Gasteiger charge is 2.35. The van der Waals surface area contributed by atoms with Crippen molar-refractivity contribution in [2.45, 2.75) is 6.18 Å². The van der Waals surface area contributed by atoms with E-state index in [1.165, 1.54) is 0 Å². The van der Waals surface area contributed by atoms with Crippen LogP contribution in [0.4, 0.5) is 18.9 Å². The molecule has 4 nitrogen and oxygen atoms in total. The lowest BCUT2D eigenvalue weighted by Gasteiger charge is -2.09. The van der Waals surface area contributed by atoms with Crippen molar-refractivity contribution < 1.29 is 22.9 Å². The van der Waals surface area contributed by atoms with Crippen LogP contribution in [0.5, 0.6) is 0 Å². The molecule has 0 saturated heterocycles. The fourth-order valence-corrected chi connectivity index (χ4v) is 1.63. The van der Waals surface area contributed by atoms with Crippen LogP contribution in [0.2, 0.25) is 0 Å². The van der Waals surface area contributed by atoms with E-state index in [-0.39, 0.29) is 6.29 Å². The summed E-state index contributed by atoms with van der Waals surface area (Å²) < 4.78 is 36.8. The Morgan fingerprint density at radius 2 is 1.94 bits per heavy atom. The number of hydrogen-bond acceptors (Lipinski definition) is 3. The summed E-state index contributed by atoms with van der Waals surface area (Å²) in [6, 6.07) is 1.10. The molecule has 0 aliphatic heterocycles. The molecule has 0 bridgehead atoms. The fraction of sp³-hybridized carbons (Fsp3) is 0.125. The number of nitro benzene ring substituents is 1. The van der Waals surface area contributed by atoms with E-state index in [1.54, 1.807) is 0 Å². The predicted octanol–water partition coefficient (Wildman–Crippen LogP) is 3.19. The normalized spacial score (nSPS) is 11.2. The summed E-state index contributed by atoms with van der Waals surface area (Å²) >= 11 is 2.61. The second-order valence-corrected chi connectivity index (χ2v) is 3.62. The lowest BCUT2D eigenvalue weighted by Crippen LogP contribution is -2.08. The lowest BCUT2D eigenvalue weighted by atomic mass is 10.1. The number of aldehydes is 1. The van der Waals surface area contributed by atoms with Crippen molar-refractivity contribution in [1.82, 2.24) is 0 Å². The predicted molar refractivity (Wildman–Crippen MR) is 51.2 cm³/mol. The third-order valence-corrected chi connectivity index (χ3v) is 2.40. The Hall–Kier alpha value is -1.44. The van der Waals surface area contributed by atoms with Crippen LogP contribution >= 0.6 is 15.9 Å². The van der Waals surface area contributed by atoms with Gasteiger partial charge in [-0.25, -0.2) is 0 Å². The molecule has 8 heteroatoms. The molecule has 0 fully saturated rings. The Labute approximate surface area is 95.3 Å². The molecule has 86 valence electrons. The molecule has 16 heavy (non-hydrogen) atoms. The minimum atomic E-state index is -4.72. The Bertz CT molecular complexity index is 459. The van der Waals surface area contributed by atoms with Gasteiger partial charge in [-0.05, 0) is 6.07 Å². The van der Waals surface area contributed by atoms with E-state index in [0.717, 1.165) is 6.07 Å². The van der Waals surface area contributed by atoms with Crippen molar-refractivity contribution >= 4 is 27.9 Å². The van der Waals surface area contributed by atoms with Crippen molar-refractivity contribution in [2.24, 2.45) is 0 Å². The van der Waals surface area contributed by atoms with Gasteiger partial charge in [0, 0.05) is 10.5 Å². The van der Waals surface area contributed by atoms with Gasteiger partial charge < -0.3 is 0 Å². The average molecular weight is 298 g/mol. The van der Waals surface area contributed by atoms with Crippen molar-refractivity contribution in [3.05, 3.63) is 37.8 Å². The van der Waals surface area contributed by atoms with Crippen LogP contribution in [-0.4, -0.2) is 11.2 Å². The smallest absolute Gasteiger partial charge is 0.298 e. The summed E-state index contributed by atoms with van der Waals surface area (Å²) in [5, 5.41) is 10.4. The Morgan fingerprint density at radius 3 is 2.31 bits per heavy atom. The largest absolute Gasteiger partial charge is 0.417 e. The first-order valence-corrected chi connectivity index (χ1v) is 4.57. The van der Waals surface area contributed by atoms with Crippen molar-refractivity contribution in [2.75, 3.05) is 0 Å². The molecular weight excluding hydrogens is 295 g/mol. The zero-order valence-corrected chi connectivity index (χ0v) is 9.00. The number of alkyl halides is 3. The van der Waals surface area contributed by atoms with Gasteiger partial charge in [0.15, 0.2) is 6.29 Å². The molecule has 1 aromatic rings. The number of rotatable bonds is 2. The van der Waals surface area contributed by atoms with E-state index in [1.807, 2.05) is 0 Å². The first-order chi connectivity index (χ1) is 7.27. The van der Waals surface area contributed by atoms with Crippen LogP contribution in [-0.2, 0) is 6.18 Å². The molecule has 0 aromatic heterocycles. The quantitative estimate of drug-likeness (QED) is 0.478. The second-order valence-electron chi connectivity index (χ2n) is 2.76. The van der Waals surface area contributed by atoms with Crippen LogP contribution in [0.3, 0.4) is 0 Å². The molecule has 0 unspecified atom stereocenters. The highest BCUT2D eigenvalue weighted by Crippen LogP contribution is 2.38. The fourth-order valence-electron chi connectivity index (χ4n) is 1.05. The molecule has 0 spiro atoms. The van der Waals surface area contributed by atoms with E-state index in [0.29, 0.717) is 6.07 Å². The maximum atomic E-state index is 12.4. The molecule has 0 atom stereocenters. The van der Waals surface area contributed by atoms with Gasteiger partial charge >= 0.3 is 6.18 Å². The molecule has 0 amide bonds. The van der Waals surface area contributed by atoms with Crippen LogP contribution in [0.1, 0.15) is 15.9 Å². The number of nitrogens with zero attached hydrogens (tertiary/aromatic N) is 1. The van der Waals surface area contributed by atoms with Gasteiger partial charge in [0.2, 0.25) is 0 Å². The number of nitro groups is 1. The summed E-state index contributed by atoms with van der Waals surface area (Å²) in [5.74, 6) is 0. The average Bonchev–Trinajstić information content (AvgIpc) is 2.14.